The van der Waals surface area contributed by atoms with Crippen molar-refractivity contribution < 1.29 is 13.9 Å². The van der Waals surface area contributed by atoms with Crippen LogP contribution in [0.1, 0.15) is 19.8 Å². The molecule has 1 fully saturated rings. The standard InChI is InChI=1S/C19H23ClFN5O2/c1-19(24-11-18(27)28-2)5-7-26(8-6-19)17-10-16(22-12-23-17)25-13-3-4-15(21)14(20)9-13/h3-4,9-10,12,24H,5-8,11H2,1-2H3,(H,22,23,25). The number of benzene rings is 1. The number of halogens is 2. The number of methoxy groups -OCH3 is 1. The number of aromatic nitrogens is 2. The summed E-state index contributed by atoms with van der Waals surface area (Å²) in [5, 5.41) is 6.45. The van der Waals surface area contributed by atoms with E-state index in [-0.39, 0.29) is 23.1 Å². The predicted octanol–water partition coefficient (Wildman–Crippen LogP) is 3.13. The second kappa shape index (κ2) is 8.70. The zero-order valence-electron chi connectivity index (χ0n) is 15.8. The van der Waals surface area contributed by atoms with Crippen LogP contribution in [0.4, 0.5) is 21.7 Å². The van der Waals surface area contributed by atoms with Crippen molar-refractivity contribution in [3.63, 3.8) is 0 Å². The third-order valence-electron chi connectivity index (χ3n) is 4.92. The Labute approximate surface area is 168 Å². The maximum Gasteiger partial charge on any atom is 0.319 e. The molecule has 0 amide bonds. The highest BCUT2D eigenvalue weighted by molar-refractivity contribution is 6.31. The van der Waals surface area contributed by atoms with Gasteiger partial charge in [0.2, 0.25) is 0 Å². The van der Waals surface area contributed by atoms with Crippen LogP contribution in [0.2, 0.25) is 5.02 Å². The average molecular weight is 408 g/mol. The molecule has 0 atom stereocenters. The van der Waals surface area contributed by atoms with Gasteiger partial charge < -0.3 is 20.3 Å². The molecule has 2 N–H and O–H groups in total. The molecule has 1 saturated heterocycles. The van der Waals surface area contributed by atoms with Crippen LogP contribution in [0.25, 0.3) is 0 Å². The van der Waals surface area contributed by atoms with E-state index >= 15 is 0 Å². The van der Waals surface area contributed by atoms with Gasteiger partial charge in [-0.3, -0.25) is 4.79 Å². The number of carbonyl (C=O) groups is 1. The number of rotatable bonds is 6. The summed E-state index contributed by atoms with van der Waals surface area (Å²) in [7, 11) is 1.38. The first-order valence-corrected chi connectivity index (χ1v) is 9.37. The van der Waals surface area contributed by atoms with Crippen molar-refractivity contribution in [2.45, 2.75) is 25.3 Å². The number of esters is 1. The second-order valence-corrected chi connectivity index (χ2v) is 7.40. The Morgan fingerprint density at radius 1 is 1.32 bits per heavy atom. The van der Waals surface area contributed by atoms with E-state index in [0.717, 1.165) is 31.7 Å². The minimum Gasteiger partial charge on any atom is -0.468 e. The van der Waals surface area contributed by atoms with E-state index in [0.29, 0.717) is 11.5 Å². The van der Waals surface area contributed by atoms with Crippen LogP contribution in [0.5, 0.6) is 0 Å². The summed E-state index contributed by atoms with van der Waals surface area (Å²) < 4.78 is 18.0. The molecule has 1 aromatic carbocycles. The highest BCUT2D eigenvalue weighted by Crippen LogP contribution is 2.27. The van der Waals surface area contributed by atoms with Crippen molar-refractivity contribution in [2.75, 3.05) is 37.0 Å². The third-order valence-corrected chi connectivity index (χ3v) is 5.21. The van der Waals surface area contributed by atoms with Crippen molar-refractivity contribution in [2.24, 2.45) is 0 Å². The Morgan fingerprint density at radius 2 is 2.07 bits per heavy atom. The van der Waals surface area contributed by atoms with Crippen molar-refractivity contribution in [1.82, 2.24) is 15.3 Å². The second-order valence-electron chi connectivity index (χ2n) is 6.99. The molecule has 3 rings (SSSR count). The molecule has 2 aromatic rings. The van der Waals surface area contributed by atoms with Crippen LogP contribution in [0.3, 0.4) is 0 Å². The Balaban J connectivity index is 1.61. The molecule has 0 bridgehead atoms. The predicted molar refractivity (Wildman–Crippen MR) is 107 cm³/mol. The van der Waals surface area contributed by atoms with Gasteiger partial charge in [0.05, 0.1) is 18.7 Å². The lowest BCUT2D eigenvalue weighted by molar-refractivity contribution is -0.140. The summed E-state index contributed by atoms with van der Waals surface area (Å²) in [5.41, 5.74) is 0.526. The summed E-state index contributed by atoms with van der Waals surface area (Å²) in [5.74, 6) is 0.675. The molecule has 1 aromatic heterocycles. The van der Waals surface area contributed by atoms with Gasteiger partial charge in [0.15, 0.2) is 0 Å². The van der Waals surface area contributed by atoms with Crippen molar-refractivity contribution in [3.8, 4) is 0 Å². The largest absolute Gasteiger partial charge is 0.468 e. The molecule has 2 heterocycles. The van der Waals surface area contributed by atoms with E-state index in [1.54, 1.807) is 6.07 Å². The normalized spacial score (nSPS) is 15.9. The Kier molecular flexibility index (Phi) is 6.31. The molecule has 0 saturated carbocycles. The molecule has 0 spiro atoms. The summed E-state index contributed by atoms with van der Waals surface area (Å²) in [6.07, 6.45) is 3.22. The number of ether oxygens (including phenoxy) is 1. The minimum atomic E-state index is -0.465. The van der Waals surface area contributed by atoms with E-state index in [1.807, 2.05) is 6.07 Å². The van der Waals surface area contributed by atoms with E-state index in [9.17, 15) is 9.18 Å². The number of hydrogen-bond donors (Lipinski definition) is 2. The molecule has 1 aliphatic rings. The van der Waals surface area contributed by atoms with E-state index < -0.39 is 5.82 Å². The lowest BCUT2D eigenvalue weighted by Crippen LogP contribution is -2.53. The van der Waals surface area contributed by atoms with Gasteiger partial charge in [-0.1, -0.05) is 11.6 Å². The van der Waals surface area contributed by atoms with Gasteiger partial charge in [0, 0.05) is 30.4 Å². The van der Waals surface area contributed by atoms with Gasteiger partial charge in [-0.2, -0.15) is 0 Å². The van der Waals surface area contributed by atoms with Gasteiger partial charge in [0.25, 0.3) is 0 Å². The number of piperidine rings is 1. The number of carbonyl (C=O) groups excluding carboxylic acids is 1. The number of hydrogen-bond acceptors (Lipinski definition) is 7. The van der Waals surface area contributed by atoms with Gasteiger partial charge in [0.1, 0.15) is 23.8 Å². The van der Waals surface area contributed by atoms with E-state index in [4.69, 9.17) is 11.6 Å². The summed E-state index contributed by atoms with van der Waals surface area (Å²) in [6, 6.07) is 6.27. The number of nitrogens with zero attached hydrogens (tertiary/aromatic N) is 3. The first-order valence-electron chi connectivity index (χ1n) is 8.99. The van der Waals surface area contributed by atoms with E-state index in [1.165, 1.54) is 25.6 Å². The summed E-state index contributed by atoms with van der Waals surface area (Å²) in [4.78, 5) is 22.1. The Bertz CT molecular complexity index is 843. The highest BCUT2D eigenvalue weighted by Gasteiger charge is 2.30. The number of nitrogens with one attached hydrogen (secondary N) is 2. The molecular weight excluding hydrogens is 385 g/mol. The first kappa shape index (κ1) is 20.3. The van der Waals surface area contributed by atoms with Crippen LogP contribution in [-0.2, 0) is 9.53 Å². The van der Waals surface area contributed by atoms with Crippen LogP contribution in [0, 0.1) is 5.82 Å². The smallest absolute Gasteiger partial charge is 0.319 e. The lowest BCUT2D eigenvalue weighted by Gasteiger charge is -2.40. The zero-order chi connectivity index (χ0) is 20.1. The maximum atomic E-state index is 13.3. The monoisotopic (exact) mass is 407 g/mol. The molecular formula is C19H23ClFN5O2. The average Bonchev–Trinajstić information content (AvgIpc) is 2.70. The number of anilines is 3. The minimum absolute atomic E-state index is 0.0500. The van der Waals surface area contributed by atoms with Crippen molar-refractivity contribution in [3.05, 3.63) is 41.4 Å². The topological polar surface area (TPSA) is 79.4 Å². The Morgan fingerprint density at radius 3 is 2.75 bits per heavy atom. The zero-order valence-corrected chi connectivity index (χ0v) is 16.6. The molecule has 0 radical (unpaired) electrons. The quantitative estimate of drug-likeness (QED) is 0.712. The molecule has 150 valence electrons. The van der Waals surface area contributed by atoms with Gasteiger partial charge >= 0.3 is 5.97 Å². The van der Waals surface area contributed by atoms with Crippen LogP contribution in [0.15, 0.2) is 30.6 Å². The van der Waals surface area contributed by atoms with Crippen LogP contribution >= 0.6 is 11.6 Å². The lowest BCUT2D eigenvalue weighted by atomic mass is 9.89. The molecule has 28 heavy (non-hydrogen) atoms. The van der Waals surface area contributed by atoms with Gasteiger partial charge in [-0.15, -0.1) is 0 Å². The summed E-state index contributed by atoms with van der Waals surface area (Å²) in [6.45, 7) is 3.90. The summed E-state index contributed by atoms with van der Waals surface area (Å²) >= 11 is 5.82. The van der Waals surface area contributed by atoms with Crippen LogP contribution in [-0.4, -0.2) is 48.2 Å². The highest BCUT2D eigenvalue weighted by atomic mass is 35.5. The molecule has 7 nitrogen and oxygen atoms in total. The fraction of sp³-hybridized carbons (Fsp3) is 0.421. The van der Waals surface area contributed by atoms with Crippen molar-refractivity contribution in [1.29, 1.82) is 0 Å². The third kappa shape index (κ3) is 5.08. The molecule has 0 aliphatic carbocycles. The fourth-order valence-electron chi connectivity index (χ4n) is 3.07. The van der Waals surface area contributed by atoms with Crippen molar-refractivity contribution >= 4 is 34.9 Å². The molecule has 9 heteroatoms. The van der Waals surface area contributed by atoms with E-state index in [2.05, 4.69) is 37.2 Å². The van der Waals surface area contributed by atoms with Crippen LogP contribution < -0.4 is 15.5 Å². The SMILES string of the molecule is COC(=O)CNC1(C)CCN(c2cc(Nc3ccc(F)c(Cl)c3)ncn2)CC1. The maximum absolute atomic E-state index is 13.3. The van der Waals surface area contributed by atoms with Gasteiger partial charge in [-0.25, -0.2) is 14.4 Å². The Hall–Kier alpha value is -2.45. The fourth-order valence-corrected chi connectivity index (χ4v) is 3.25. The van der Waals surface area contributed by atoms with Gasteiger partial charge in [-0.05, 0) is 38.0 Å². The first-order chi connectivity index (χ1) is 13.4. The molecule has 0 unspecified atom stereocenters. The molecule has 1 aliphatic heterocycles.